The second-order valence-electron chi connectivity index (χ2n) is 7.62. The van der Waals surface area contributed by atoms with Crippen LogP contribution in [0.2, 0.25) is 0 Å². The number of rotatable bonds is 4. The molecule has 1 saturated carbocycles. The maximum Gasteiger partial charge on any atom is 0.0594 e. The molecule has 1 aliphatic carbocycles. The van der Waals surface area contributed by atoms with Crippen molar-refractivity contribution < 1.29 is 4.74 Å². The smallest absolute Gasteiger partial charge is 0.0594 e. The predicted molar refractivity (Wildman–Crippen MR) is 104 cm³/mol. The van der Waals surface area contributed by atoms with Gasteiger partial charge >= 0.3 is 0 Å². The summed E-state index contributed by atoms with van der Waals surface area (Å²) >= 11 is 0. The van der Waals surface area contributed by atoms with Crippen LogP contribution in [-0.2, 0) is 4.74 Å². The minimum atomic E-state index is 0.388. The molecule has 1 saturated heterocycles. The van der Waals surface area contributed by atoms with E-state index >= 15 is 0 Å². The predicted octanol–water partition coefficient (Wildman–Crippen LogP) is 4.13. The number of morpholine rings is 1. The molecule has 0 amide bonds. The highest BCUT2D eigenvalue weighted by molar-refractivity contribution is 5.86. The van der Waals surface area contributed by atoms with Gasteiger partial charge in [0, 0.05) is 31.2 Å². The maximum atomic E-state index is 5.52. The Labute approximate surface area is 151 Å². The molecule has 2 aromatic rings. The molecule has 134 valence electrons. The number of nitrogens with zero attached hydrogens (tertiary/aromatic N) is 1. The van der Waals surface area contributed by atoms with E-state index in [0.29, 0.717) is 12.1 Å². The van der Waals surface area contributed by atoms with Crippen molar-refractivity contribution in [1.29, 1.82) is 0 Å². The standard InChI is InChI=1S/C22H30N2O/c1-17(21-11-4-7-18-6-2-3-10-22(18)21)23-19-8-5-9-20(16-19)24-12-14-25-15-13-24/h2-4,6-7,10-11,17,19-20,23H,5,8-9,12-16H2,1H3. The summed E-state index contributed by atoms with van der Waals surface area (Å²) in [5, 5.41) is 6.66. The number of benzene rings is 2. The Morgan fingerprint density at radius 3 is 2.72 bits per heavy atom. The van der Waals surface area contributed by atoms with E-state index in [-0.39, 0.29) is 0 Å². The Kier molecular flexibility index (Phi) is 5.35. The van der Waals surface area contributed by atoms with Crippen LogP contribution in [0.3, 0.4) is 0 Å². The first-order valence-corrected chi connectivity index (χ1v) is 9.87. The lowest BCUT2D eigenvalue weighted by Crippen LogP contribution is -2.48. The van der Waals surface area contributed by atoms with Gasteiger partial charge in [-0.2, -0.15) is 0 Å². The third-order valence-corrected chi connectivity index (χ3v) is 5.98. The summed E-state index contributed by atoms with van der Waals surface area (Å²) in [6.45, 7) is 6.34. The van der Waals surface area contributed by atoms with Crippen molar-refractivity contribution in [3.05, 3.63) is 48.0 Å². The Bertz CT molecular complexity index is 690. The summed E-state index contributed by atoms with van der Waals surface area (Å²) in [6, 6.07) is 17.1. The third-order valence-electron chi connectivity index (χ3n) is 5.98. The average Bonchev–Trinajstić information content (AvgIpc) is 2.68. The highest BCUT2D eigenvalue weighted by Gasteiger charge is 2.28. The lowest BCUT2D eigenvalue weighted by atomic mass is 9.88. The minimum absolute atomic E-state index is 0.388. The molecule has 2 aromatic carbocycles. The molecule has 1 aliphatic heterocycles. The quantitative estimate of drug-likeness (QED) is 0.907. The number of hydrogen-bond acceptors (Lipinski definition) is 3. The van der Waals surface area contributed by atoms with Crippen LogP contribution >= 0.6 is 0 Å². The molecule has 0 spiro atoms. The van der Waals surface area contributed by atoms with E-state index in [9.17, 15) is 0 Å². The molecule has 2 fully saturated rings. The van der Waals surface area contributed by atoms with E-state index in [1.807, 2.05) is 0 Å². The highest BCUT2D eigenvalue weighted by Crippen LogP contribution is 2.28. The largest absolute Gasteiger partial charge is 0.379 e. The average molecular weight is 338 g/mol. The third kappa shape index (κ3) is 3.89. The first-order valence-electron chi connectivity index (χ1n) is 9.87. The SMILES string of the molecule is CC(NC1CCCC(N2CCOCC2)C1)c1cccc2ccccc12. The summed E-state index contributed by atoms with van der Waals surface area (Å²) in [4.78, 5) is 2.65. The number of nitrogens with one attached hydrogen (secondary N) is 1. The Balaban J connectivity index is 1.43. The lowest BCUT2D eigenvalue weighted by molar-refractivity contribution is 0.00505. The van der Waals surface area contributed by atoms with Crippen molar-refractivity contribution >= 4 is 10.8 Å². The van der Waals surface area contributed by atoms with Gasteiger partial charge in [-0.25, -0.2) is 0 Å². The molecule has 4 rings (SSSR count). The first-order chi connectivity index (χ1) is 12.3. The molecule has 3 heteroatoms. The Hall–Kier alpha value is -1.42. The molecule has 3 nitrogen and oxygen atoms in total. The molecular formula is C22H30N2O. The van der Waals surface area contributed by atoms with Crippen LogP contribution in [0.5, 0.6) is 0 Å². The molecule has 0 aromatic heterocycles. The number of fused-ring (bicyclic) bond motifs is 1. The van der Waals surface area contributed by atoms with Crippen LogP contribution in [0.4, 0.5) is 0 Å². The normalized spacial score (nSPS) is 26.6. The Morgan fingerprint density at radius 2 is 1.84 bits per heavy atom. The maximum absolute atomic E-state index is 5.52. The number of ether oxygens (including phenoxy) is 1. The molecule has 2 aliphatic rings. The monoisotopic (exact) mass is 338 g/mol. The molecule has 0 bridgehead atoms. The zero-order valence-electron chi connectivity index (χ0n) is 15.3. The number of hydrogen-bond donors (Lipinski definition) is 1. The molecule has 25 heavy (non-hydrogen) atoms. The fraction of sp³-hybridized carbons (Fsp3) is 0.545. The first kappa shape index (κ1) is 17.0. The summed E-state index contributed by atoms with van der Waals surface area (Å²) in [5.41, 5.74) is 1.42. The van der Waals surface area contributed by atoms with E-state index in [1.54, 1.807) is 0 Å². The van der Waals surface area contributed by atoms with Gasteiger partial charge in [-0.1, -0.05) is 48.9 Å². The van der Waals surface area contributed by atoms with Crippen LogP contribution in [-0.4, -0.2) is 43.3 Å². The van der Waals surface area contributed by atoms with E-state index in [4.69, 9.17) is 4.74 Å². The highest BCUT2D eigenvalue weighted by atomic mass is 16.5. The van der Waals surface area contributed by atoms with Gasteiger partial charge < -0.3 is 10.1 Å². The Morgan fingerprint density at radius 1 is 1.04 bits per heavy atom. The van der Waals surface area contributed by atoms with Crippen molar-refractivity contribution in [1.82, 2.24) is 10.2 Å². The summed E-state index contributed by atoms with van der Waals surface area (Å²) in [5.74, 6) is 0. The second-order valence-corrected chi connectivity index (χ2v) is 7.62. The summed E-state index contributed by atoms with van der Waals surface area (Å²) in [7, 11) is 0. The van der Waals surface area contributed by atoms with E-state index in [0.717, 1.165) is 32.3 Å². The van der Waals surface area contributed by atoms with Crippen LogP contribution in [0.1, 0.15) is 44.2 Å². The van der Waals surface area contributed by atoms with Crippen molar-refractivity contribution in [2.75, 3.05) is 26.3 Å². The van der Waals surface area contributed by atoms with Crippen molar-refractivity contribution in [2.45, 2.75) is 50.7 Å². The molecule has 1 heterocycles. The molecule has 0 radical (unpaired) electrons. The van der Waals surface area contributed by atoms with Gasteiger partial charge in [-0.15, -0.1) is 0 Å². The van der Waals surface area contributed by atoms with Gasteiger partial charge in [0.1, 0.15) is 0 Å². The lowest BCUT2D eigenvalue weighted by Gasteiger charge is -2.40. The van der Waals surface area contributed by atoms with Gasteiger partial charge in [0.2, 0.25) is 0 Å². The van der Waals surface area contributed by atoms with Crippen LogP contribution in [0.25, 0.3) is 10.8 Å². The molecular weight excluding hydrogens is 308 g/mol. The van der Waals surface area contributed by atoms with E-state index < -0.39 is 0 Å². The molecule has 3 atom stereocenters. The van der Waals surface area contributed by atoms with Crippen molar-refractivity contribution in [3.8, 4) is 0 Å². The van der Waals surface area contributed by atoms with E-state index in [2.05, 4.69) is 59.6 Å². The van der Waals surface area contributed by atoms with Gasteiger partial charge in [0.15, 0.2) is 0 Å². The molecule has 1 N–H and O–H groups in total. The van der Waals surface area contributed by atoms with Crippen LogP contribution in [0.15, 0.2) is 42.5 Å². The van der Waals surface area contributed by atoms with Gasteiger partial charge in [-0.05, 0) is 42.5 Å². The summed E-state index contributed by atoms with van der Waals surface area (Å²) < 4.78 is 5.52. The fourth-order valence-electron chi connectivity index (χ4n) is 4.66. The molecule has 3 unspecified atom stereocenters. The van der Waals surface area contributed by atoms with Crippen LogP contribution < -0.4 is 5.32 Å². The van der Waals surface area contributed by atoms with Crippen molar-refractivity contribution in [2.24, 2.45) is 0 Å². The zero-order valence-corrected chi connectivity index (χ0v) is 15.3. The zero-order chi connectivity index (χ0) is 17.1. The fourth-order valence-corrected chi connectivity index (χ4v) is 4.66. The second kappa shape index (κ2) is 7.86. The van der Waals surface area contributed by atoms with Crippen LogP contribution in [0, 0.1) is 0 Å². The topological polar surface area (TPSA) is 24.5 Å². The van der Waals surface area contributed by atoms with E-state index in [1.165, 1.54) is 42.0 Å². The van der Waals surface area contributed by atoms with Gasteiger partial charge in [0.05, 0.1) is 13.2 Å². The van der Waals surface area contributed by atoms with Crippen molar-refractivity contribution in [3.63, 3.8) is 0 Å². The summed E-state index contributed by atoms with van der Waals surface area (Å²) in [6.07, 6.45) is 5.26. The minimum Gasteiger partial charge on any atom is -0.379 e. The van der Waals surface area contributed by atoms with Gasteiger partial charge in [0.25, 0.3) is 0 Å². The van der Waals surface area contributed by atoms with Gasteiger partial charge in [-0.3, -0.25) is 4.90 Å².